The number of anilines is 1. The number of benzene rings is 3. The van der Waals surface area contributed by atoms with Gasteiger partial charge in [-0.2, -0.15) is 0 Å². The van der Waals surface area contributed by atoms with Crippen LogP contribution in [0.4, 0.5) is 14.9 Å². The van der Waals surface area contributed by atoms with Gasteiger partial charge in [-0.15, -0.1) is 0 Å². The fourth-order valence-corrected chi connectivity index (χ4v) is 4.42. The molecule has 3 aromatic carbocycles. The van der Waals surface area contributed by atoms with Gasteiger partial charge in [0.2, 0.25) is 0 Å². The third-order valence-corrected chi connectivity index (χ3v) is 6.03. The lowest BCUT2D eigenvalue weighted by Crippen LogP contribution is -2.54. The van der Waals surface area contributed by atoms with Gasteiger partial charge in [-0.05, 0) is 59.3 Å². The van der Waals surface area contributed by atoms with E-state index in [4.69, 9.17) is 4.42 Å². The topological polar surface area (TPSA) is 79.6 Å². The van der Waals surface area contributed by atoms with Crippen LogP contribution in [-0.4, -0.2) is 17.8 Å². The molecule has 0 radical (unpaired) electrons. The average Bonchev–Trinajstić information content (AvgIpc) is 3.25. The van der Waals surface area contributed by atoms with Crippen LogP contribution < -0.4 is 10.2 Å². The molecule has 4 aromatic rings. The number of hydrogen-bond acceptors (Lipinski definition) is 5. The predicted octanol–water partition coefficient (Wildman–Crippen LogP) is 5.39. The van der Waals surface area contributed by atoms with E-state index in [1.54, 1.807) is 12.1 Å². The second-order valence-corrected chi connectivity index (χ2v) is 8.22. The normalized spacial score (nSPS) is 15.4. The lowest BCUT2D eigenvalue weighted by molar-refractivity contribution is -0.122. The SMILES string of the molecule is O=C1NC(=O)N(c2ccc(F)cc2)C(=O)C1=Cc1ccc(Sc2cccc3ccccc23)o1. The van der Waals surface area contributed by atoms with Gasteiger partial charge in [0.25, 0.3) is 11.8 Å². The molecule has 0 aliphatic carbocycles. The Morgan fingerprint density at radius 2 is 1.64 bits per heavy atom. The number of amides is 4. The molecule has 2 heterocycles. The highest BCUT2D eigenvalue weighted by atomic mass is 32.2. The average molecular weight is 458 g/mol. The molecule has 0 spiro atoms. The van der Waals surface area contributed by atoms with Crippen LogP contribution >= 0.6 is 11.8 Å². The highest BCUT2D eigenvalue weighted by Crippen LogP contribution is 2.35. The van der Waals surface area contributed by atoms with E-state index >= 15 is 0 Å². The molecule has 4 amide bonds. The van der Waals surface area contributed by atoms with Crippen molar-refractivity contribution in [1.29, 1.82) is 0 Å². The summed E-state index contributed by atoms with van der Waals surface area (Å²) in [6.07, 6.45) is 1.29. The summed E-state index contributed by atoms with van der Waals surface area (Å²) < 4.78 is 19.1. The van der Waals surface area contributed by atoms with Crippen molar-refractivity contribution in [3.8, 4) is 0 Å². The van der Waals surface area contributed by atoms with E-state index in [-0.39, 0.29) is 17.0 Å². The van der Waals surface area contributed by atoms with Crippen molar-refractivity contribution in [2.24, 2.45) is 0 Å². The number of carbonyl (C=O) groups is 3. The van der Waals surface area contributed by atoms with Crippen LogP contribution in [0.25, 0.3) is 16.8 Å². The Labute approximate surface area is 191 Å². The maximum Gasteiger partial charge on any atom is 0.335 e. The number of barbiturate groups is 1. The molecule has 5 rings (SSSR count). The van der Waals surface area contributed by atoms with Gasteiger partial charge in [0.1, 0.15) is 17.2 Å². The lowest BCUT2D eigenvalue weighted by Gasteiger charge is -2.26. The van der Waals surface area contributed by atoms with E-state index in [9.17, 15) is 18.8 Å². The molecule has 6 nitrogen and oxygen atoms in total. The molecule has 0 bridgehead atoms. The summed E-state index contributed by atoms with van der Waals surface area (Å²) in [5.41, 5.74) is -0.126. The van der Waals surface area contributed by atoms with Crippen molar-refractivity contribution >= 4 is 52.1 Å². The van der Waals surface area contributed by atoms with E-state index in [2.05, 4.69) is 5.32 Å². The first-order chi connectivity index (χ1) is 16.0. The quantitative estimate of drug-likeness (QED) is 0.328. The summed E-state index contributed by atoms with van der Waals surface area (Å²) in [5, 5.41) is 4.89. The summed E-state index contributed by atoms with van der Waals surface area (Å²) in [7, 11) is 0. The van der Waals surface area contributed by atoms with Crippen LogP contribution in [0.2, 0.25) is 0 Å². The fourth-order valence-electron chi connectivity index (χ4n) is 3.48. The molecular formula is C25H15FN2O4S. The van der Waals surface area contributed by atoms with Crippen molar-refractivity contribution < 1.29 is 23.2 Å². The highest BCUT2D eigenvalue weighted by molar-refractivity contribution is 7.99. The van der Waals surface area contributed by atoms with Crippen molar-refractivity contribution in [2.45, 2.75) is 9.99 Å². The summed E-state index contributed by atoms with van der Waals surface area (Å²) in [6, 6.07) is 21.3. The minimum absolute atomic E-state index is 0.143. The van der Waals surface area contributed by atoms with Gasteiger partial charge in [0, 0.05) is 4.90 Å². The molecule has 0 unspecified atom stereocenters. The number of urea groups is 1. The molecule has 1 aromatic heterocycles. The number of halogens is 1. The standard InChI is InChI=1S/C25H15FN2O4S/c26-16-8-10-17(11-9-16)28-24(30)20(23(29)27-25(28)31)14-18-12-13-22(32-18)33-21-7-3-5-15-4-1-2-6-19(15)21/h1-14H,(H,27,29,31). The first-order valence-electron chi connectivity index (χ1n) is 9.92. The molecule has 1 aliphatic rings. The Morgan fingerprint density at radius 1 is 0.879 bits per heavy atom. The Hall–Kier alpha value is -4.17. The minimum Gasteiger partial charge on any atom is -0.450 e. The second-order valence-electron chi connectivity index (χ2n) is 7.17. The maximum absolute atomic E-state index is 13.2. The molecular weight excluding hydrogens is 443 g/mol. The monoisotopic (exact) mass is 458 g/mol. The molecule has 1 fully saturated rings. The molecule has 0 atom stereocenters. The van der Waals surface area contributed by atoms with Crippen molar-refractivity contribution in [2.75, 3.05) is 4.90 Å². The van der Waals surface area contributed by atoms with E-state index < -0.39 is 23.7 Å². The van der Waals surface area contributed by atoms with Crippen LogP contribution in [0, 0.1) is 5.82 Å². The maximum atomic E-state index is 13.2. The number of imide groups is 2. The van der Waals surface area contributed by atoms with Gasteiger partial charge >= 0.3 is 6.03 Å². The van der Waals surface area contributed by atoms with Gasteiger partial charge in [0.15, 0.2) is 5.09 Å². The zero-order valence-corrected chi connectivity index (χ0v) is 17.8. The Morgan fingerprint density at radius 3 is 2.45 bits per heavy atom. The van der Waals surface area contributed by atoms with Crippen LogP contribution in [-0.2, 0) is 9.59 Å². The number of nitrogens with zero attached hydrogens (tertiary/aromatic N) is 1. The van der Waals surface area contributed by atoms with Crippen LogP contribution in [0.15, 0.2) is 98.8 Å². The number of carbonyl (C=O) groups excluding carboxylic acids is 3. The Balaban J connectivity index is 1.43. The van der Waals surface area contributed by atoms with Crippen molar-refractivity contribution in [3.63, 3.8) is 0 Å². The lowest BCUT2D eigenvalue weighted by atomic mass is 10.1. The fraction of sp³-hybridized carbons (Fsp3) is 0. The number of fused-ring (bicyclic) bond motifs is 1. The molecule has 162 valence electrons. The van der Waals surface area contributed by atoms with E-state index in [1.165, 1.54) is 30.0 Å². The highest BCUT2D eigenvalue weighted by Gasteiger charge is 2.37. The van der Waals surface area contributed by atoms with Crippen LogP contribution in [0.5, 0.6) is 0 Å². The first-order valence-corrected chi connectivity index (χ1v) is 10.7. The van der Waals surface area contributed by atoms with Crippen LogP contribution in [0.3, 0.4) is 0 Å². The third kappa shape index (κ3) is 4.04. The van der Waals surface area contributed by atoms with E-state index in [1.807, 2.05) is 42.5 Å². The summed E-state index contributed by atoms with van der Waals surface area (Å²) in [5.74, 6) is -1.88. The van der Waals surface area contributed by atoms with Gasteiger partial charge < -0.3 is 4.42 Å². The van der Waals surface area contributed by atoms with Gasteiger partial charge in [0.05, 0.1) is 5.69 Å². The minimum atomic E-state index is -0.902. The summed E-state index contributed by atoms with van der Waals surface area (Å²) in [6.45, 7) is 0. The Bertz CT molecular complexity index is 1440. The van der Waals surface area contributed by atoms with Crippen LogP contribution in [0.1, 0.15) is 5.76 Å². The zero-order chi connectivity index (χ0) is 22.9. The molecule has 33 heavy (non-hydrogen) atoms. The number of hydrogen-bond donors (Lipinski definition) is 1. The smallest absolute Gasteiger partial charge is 0.335 e. The third-order valence-electron chi connectivity index (χ3n) is 5.04. The molecule has 1 aliphatic heterocycles. The number of nitrogens with one attached hydrogen (secondary N) is 1. The van der Waals surface area contributed by atoms with Gasteiger partial charge in [-0.3, -0.25) is 14.9 Å². The predicted molar refractivity (Wildman–Crippen MR) is 122 cm³/mol. The van der Waals surface area contributed by atoms with Gasteiger partial charge in [-0.25, -0.2) is 14.1 Å². The largest absolute Gasteiger partial charge is 0.450 e. The Kier molecular flexibility index (Phi) is 5.27. The van der Waals surface area contributed by atoms with E-state index in [0.717, 1.165) is 32.7 Å². The molecule has 1 N–H and O–H groups in total. The number of rotatable bonds is 4. The second kappa shape index (κ2) is 8.40. The summed E-state index contributed by atoms with van der Waals surface area (Å²) >= 11 is 1.42. The van der Waals surface area contributed by atoms with Gasteiger partial charge in [-0.1, -0.05) is 48.2 Å². The zero-order valence-electron chi connectivity index (χ0n) is 16.9. The van der Waals surface area contributed by atoms with Crippen molar-refractivity contribution in [1.82, 2.24) is 5.32 Å². The molecule has 1 saturated heterocycles. The van der Waals surface area contributed by atoms with Crippen molar-refractivity contribution in [3.05, 3.63) is 96.0 Å². The summed E-state index contributed by atoms with van der Waals surface area (Å²) in [4.78, 5) is 39.3. The molecule has 8 heteroatoms. The molecule has 0 saturated carbocycles. The first kappa shape index (κ1) is 20.7. The van der Waals surface area contributed by atoms with E-state index in [0.29, 0.717) is 5.09 Å². The number of furan rings is 1.